The van der Waals surface area contributed by atoms with E-state index in [9.17, 15) is 4.79 Å². The molecule has 0 spiro atoms. The first-order valence-corrected chi connectivity index (χ1v) is 4.06. The summed E-state index contributed by atoms with van der Waals surface area (Å²) in [5.74, 6) is 0. The normalized spacial score (nSPS) is 11.0. The van der Waals surface area contributed by atoms with Gasteiger partial charge >= 0.3 is 0 Å². The predicted octanol–water partition coefficient (Wildman–Crippen LogP) is 2.88. The lowest BCUT2D eigenvalue weighted by atomic mass is 10.1. The SMILES string of the molecule is CCC(=C/C=C(\C)C=O)CC. The van der Waals surface area contributed by atoms with Gasteiger partial charge in [-0.25, -0.2) is 0 Å². The van der Waals surface area contributed by atoms with Crippen molar-refractivity contribution in [2.45, 2.75) is 33.6 Å². The first-order chi connectivity index (χ1) is 5.24. The molecule has 0 rings (SSSR count). The van der Waals surface area contributed by atoms with Crippen LogP contribution in [0.2, 0.25) is 0 Å². The van der Waals surface area contributed by atoms with Crippen LogP contribution in [0.3, 0.4) is 0 Å². The summed E-state index contributed by atoms with van der Waals surface area (Å²) in [7, 11) is 0. The highest BCUT2D eigenvalue weighted by atomic mass is 16.1. The van der Waals surface area contributed by atoms with Gasteiger partial charge < -0.3 is 0 Å². The molecule has 1 nitrogen and oxygen atoms in total. The lowest BCUT2D eigenvalue weighted by molar-refractivity contribution is -0.104. The van der Waals surface area contributed by atoms with Gasteiger partial charge in [0.1, 0.15) is 6.29 Å². The minimum absolute atomic E-state index is 0.782. The predicted molar refractivity (Wildman–Crippen MR) is 48.5 cm³/mol. The number of carbonyl (C=O) groups is 1. The fourth-order valence-corrected chi connectivity index (χ4v) is 0.774. The minimum atomic E-state index is 0.782. The Morgan fingerprint density at radius 1 is 1.18 bits per heavy atom. The van der Waals surface area contributed by atoms with E-state index in [0.717, 1.165) is 24.7 Å². The maximum atomic E-state index is 10.2. The second-order valence-electron chi connectivity index (χ2n) is 2.56. The monoisotopic (exact) mass is 152 g/mol. The largest absolute Gasteiger partial charge is 0.298 e. The van der Waals surface area contributed by atoms with Gasteiger partial charge in [-0.3, -0.25) is 4.79 Å². The van der Waals surface area contributed by atoms with Gasteiger partial charge in [0.2, 0.25) is 0 Å². The fourth-order valence-electron chi connectivity index (χ4n) is 0.774. The molecule has 62 valence electrons. The number of rotatable bonds is 4. The molecule has 0 aromatic carbocycles. The molecule has 0 aromatic rings. The Labute approximate surface area is 68.8 Å². The Kier molecular flexibility index (Phi) is 5.44. The van der Waals surface area contributed by atoms with E-state index in [4.69, 9.17) is 0 Å². The second kappa shape index (κ2) is 5.90. The molecule has 0 unspecified atom stereocenters. The van der Waals surface area contributed by atoms with Crippen molar-refractivity contribution in [3.63, 3.8) is 0 Å². The zero-order valence-corrected chi connectivity index (χ0v) is 7.55. The number of carbonyl (C=O) groups excluding carboxylic acids is 1. The molecule has 0 aliphatic carbocycles. The summed E-state index contributed by atoms with van der Waals surface area (Å²) in [4.78, 5) is 10.2. The third kappa shape index (κ3) is 4.54. The van der Waals surface area contributed by atoms with Crippen LogP contribution in [0.25, 0.3) is 0 Å². The Balaban J connectivity index is 4.17. The molecule has 0 aromatic heterocycles. The minimum Gasteiger partial charge on any atom is -0.298 e. The lowest BCUT2D eigenvalue weighted by Gasteiger charge is -1.95. The number of allylic oxidation sites excluding steroid dienone is 4. The first-order valence-electron chi connectivity index (χ1n) is 4.06. The third-order valence-corrected chi connectivity index (χ3v) is 1.68. The van der Waals surface area contributed by atoms with Crippen LogP contribution in [0.4, 0.5) is 0 Å². The van der Waals surface area contributed by atoms with E-state index in [-0.39, 0.29) is 0 Å². The Bertz CT molecular complexity index is 169. The van der Waals surface area contributed by atoms with E-state index in [2.05, 4.69) is 13.8 Å². The number of hydrogen-bond acceptors (Lipinski definition) is 1. The van der Waals surface area contributed by atoms with Crippen LogP contribution in [0.5, 0.6) is 0 Å². The zero-order chi connectivity index (χ0) is 8.69. The zero-order valence-electron chi connectivity index (χ0n) is 7.55. The number of hydrogen-bond donors (Lipinski definition) is 0. The van der Waals surface area contributed by atoms with E-state index in [1.54, 1.807) is 0 Å². The summed E-state index contributed by atoms with van der Waals surface area (Å²) in [5, 5.41) is 0. The van der Waals surface area contributed by atoms with Crippen LogP contribution < -0.4 is 0 Å². The summed E-state index contributed by atoms with van der Waals surface area (Å²) < 4.78 is 0. The molecule has 0 saturated carbocycles. The fraction of sp³-hybridized carbons (Fsp3) is 0.500. The quantitative estimate of drug-likeness (QED) is 0.344. The van der Waals surface area contributed by atoms with Gasteiger partial charge in [0.25, 0.3) is 0 Å². The van der Waals surface area contributed by atoms with Crippen molar-refractivity contribution in [1.82, 2.24) is 0 Å². The van der Waals surface area contributed by atoms with Crippen LogP contribution in [-0.2, 0) is 4.79 Å². The molecule has 0 bridgehead atoms. The topological polar surface area (TPSA) is 17.1 Å². The Morgan fingerprint density at radius 2 is 1.73 bits per heavy atom. The summed E-state index contributed by atoms with van der Waals surface area (Å²) in [6, 6.07) is 0. The number of aldehydes is 1. The van der Waals surface area contributed by atoms with Gasteiger partial charge in [-0.2, -0.15) is 0 Å². The Morgan fingerprint density at radius 3 is 2.09 bits per heavy atom. The average molecular weight is 152 g/mol. The van der Waals surface area contributed by atoms with Crippen molar-refractivity contribution in [1.29, 1.82) is 0 Å². The highest BCUT2D eigenvalue weighted by molar-refractivity contribution is 5.72. The lowest BCUT2D eigenvalue weighted by Crippen LogP contribution is -1.78. The van der Waals surface area contributed by atoms with Crippen molar-refractivity contribution in [2.75, 3.05) is 0 Å². The average Bonchev–Trinajstić information content (AvgIpc) is 2.06. The van der Waals surface area contributed by atoms with E-state index >= 15 is 0 Å². The van der Waals surface area contributed by atoms with E-state index in [0.29, 0.717) is 0 Å². The van der Waals surface area contributed by atoms with Gasteiger partial charge in [0.15, 0.2) is 0 Å². The van der Waals surface area contributed by atoms with Crippen LogP contribution in [0, 0.1) is 0 Å². The van der Waals surface area contributed by atoms with E-state index in [1.165, 1.54) is 5.57 Å². The molecule has 0 fully saturated rings. The molecular formula is C10H16O. The van der Waals surface area contributed by atoms with Crippen molar-refractivity contribution in [3.05, 3.63) is 23.3 Å². The van der Waals surface area contributed by atoms with Gasteiger partial charge in [-0.05, 0) is 25.3 Å². The smallest absolute Gasteiger partial charge is 0.145 e. The molecule has 0 aliphatic heterocycles. The van der Waals surface area contributed by atoms with Crippen molar-refractivity contribution in [3.8, 4) is 0 Å². The summed E-state index contributed by atoms with van der Waals surface area (Å²) >= 11 is 0. The Hall–Kier alpha value is -0.850. The summed E-state index contributed by atoms with van der Waals surface area (Å²) in [6.45, 7) is 6.06. The molecule has 1 heteroatoms. The second-order valence-corrected chi connectivity index (χ2v) is 2.56. The van der Waals surface area contributed by atoms with Crippen LogP contribution in [0.1, 0.15) is 33.6 Å². The van der Waals surface area contributed by atoms with Crippen LogP contribution in [-0.4, -0.2) is 6.29 Å². The molecular weight excluding hydrogens is 136 g/mol. The summed E-state index contributed by atoms with van der Waals surface area (Å²) in [6.07, 6.45) is 6.91. The molecule has 0 amide bonds. The van der Waals surface area contributed by atoms with Crippen molar-refractivity contribution >= 4 is 6.29 Å². The molecule has 0 aliphatic rings. The van der Waals surface area contributed by atoms with Crippen molar-refractivity contribution in [2.24, 2.45) is 0 Å². The molecule has 0 radical (unpaired) electrons. The molecule has 0 heterocycles. The van der Waals surface area contributed by atoms with Gasteiger partial charge in [-0.15, -0.1) is 0 Å². The maximum absolute atomic E-state index is 10.2. The maximum Gasteiger partial charge on any atom is 0.145 e. The van der Waals surface area contributed by atoms with Crippen molar-refractivity contribution < 1.29 is 4.79 Å². The molecule has 0 saturated heterocycles. The first kappa shape index (κ1) is 10.2. The van der Waals surface area contributed by atoms with Gasteiger partial charge in [0, 0.05) is 0 Å². The van der Waals surface area contributed by atoms with E-state index in [1.807, 2.05) is 19.1 Å². The van der Waals surface area contributed by atoms with Gasteiger partial charge in [-0.1, -0.05) is 31.6 Å². The van der Waals surface area contributed by atoms with E-state index < -0.39 is 0 Å². The van der Waals surface area contributed by atoms with Gasteiger partial charge in [0.05, 0.1) is 0 Å². The molecule has 0 atom stereocenters. The van der Waals surface area contributed by atoms with Crippen LogP contribution in [0.15, 0.2) is 23.3 Å². The highest BCUT2D eigenvalue weighted by Gasteiger charge is 1.86. The molecule has 11 heavy (non-hydrogen) atoms. The van der Waals surface area contributed by atoms with Crippen LogP contribution >= 0.6 is 0 Å². The molecule has 0 N–H and O–H groups in total. The summed E-state index contributed by atoms with van der Waals surface area (Å²) in [5.41, 5.74) is 2.16. The highest BCUT2D eigenvalue weighted by Crippen LogP contribution is 2.05. The standard InChI is InChI=1S/C10H16O/c1-4-10(5-2)7-6-9(3)8-11/h6-8H,4-5H2,1-3H3/b9-6+. The third-order valence-electron chi connectivity index (χ3n) is 1.68.